The summed E-state index contributed by atoms with van der Waals surface area (Å²) >= 11 is 2.76. The summed E-state index contributed by atoms with van der Waals surface area (Å²) in [5.41, 5.74) is 6.21. The maximum Gasteiger partial charge on any atom is 0.289 e. The number of nitriles is 2. The number of rotatable bonds is 5. The van der Waals surface area contributed by atoms with Crippen molar-refractivity contribution in [2.45, 2.75) is 18.0 Å². The number of nitrogen functional groups attached to an aromatic ring is 1. The first-order chi connectivity index (χ1) is 11.0. The molecule has 0 spiro atoms. The van der Waals surface area contributed by atoms with Crippen molar-refractivity contribution in [1.82, 2.24) is 5.32 Å². The zero-order valence-electron chi connectivity index (χ0n) is 12.3. The first-order valence-corrected chi connectivity index (χ1v) is 8.53. The van der Waals surface area contributed by atoms with Gasteiger partial charge in [-0.2, -0.15) is 10.5 Å². The first-order valence-electron chi connectivity index (χ1n) is 6.66. The van der Waals surface area contributed by atoms with Crippen LogP contribution in [0.5, 0.6) is 0 Å². The molecule has 0 bridgehead atoms. The summed E-state index contributed by atoms with van der Waals surface area (Å²) in [7, 11) is 0. The summed E-state index contributed by atoms with van der Waals surface area (Å²) in [4.78, 5) is 15.9. The first kappa shape index (κ1) is 16.8. The van der Waals surface area contributed by atoms with Gasteiger partial charge in [0, 0.05) is 4.88 Å². The highest BCUT2D eigenvalue weighted by atomic mass is 32.2. The number of nitrogens with zero attached hydrogens (tertiary/aromatic N) is 2. The number of aromatic nitrogens is 1. The van der Waals surface area contributed by atoms with Gasteiger partial charge in [0.05, 0.1) is 11.8 Å². The minimum atomic E-state index is -0.142. The molecule has 0 aromatic carbocycles. The number of thiophene rings is 1. The van der Waals surface area contributed by atoms with Crippen LogP contribution in [0.25, 0.3) is 0 Å². The van der Waals surface area contributed by atoms with Crippen molar-refractivity contribution < 1.29 is 9.78 Å². The van der Waals surface area contributed by atoms with E-state index in [0.717, 1.165) is 4.88 Å². The molecular weight excluding hydrogens is 330 g/mol. The lowest BCUT2D eigenvalue weighted by molar-refractivity contribution is -0.410. The summed E-state index contributed by atoms with van der Waals surface area (Å²) in [5.74, 6) is 0.184. The van der Waals surface area contributed by atoms with Crippen LogP contribution in [-0.4, -0.2) is 11.7 Å². The van der Waals surface area contributed by atoms with Gasteiger partial charge in [-0.1, -0.05) is 17.8 Å². The van der Waals surface area contributed by atoms with Crippen LogP contribution >= 0.6 is 23.1 Å². The van der Waals surface area contributed by atoms with Crippen LogP contribution < -0.4 is 16.0 Å². The number of carbonyl (C=O) groups excluding carboxylic acids is 1. The Morgan fingerprint density at radius 1 is 1.48 bits per heavy atom. The quantitative estimate of drug-likeness (QED) is 0.803. The van der Waals surface area contributed by atoms with Crippen LogP contribution in [0.2, 0.25) is 0 Å². The highest BCUT2D eigenvalue weighted by molar-refractivity contribution is 7.99. The Balaban J connectivity index is 2.01. The van der Waals surface area contributed by atoms with Gasteiger partial charge in [0.25, 0.3) is 5.82 Å². The molecule has 4 N–H and O–H groups in total. The molecule has 0 fully saturated rings. The fourth-order valence-corrected chi connectivity index (χ4v) is 3.40. The number of hydrogen-bond donors (Lipinski definition) is 2. The molecule has 2 aromatic heterocycles. The van der Waals surface area contributed by atoms with Gasteiger partial charge >= 0.3 is 0 Å². The minimum absolute atomic E-state index is 0.0615. The molecule has 0 saturated carbocycles. The second-order valence-electron chi connectivity index (χ2n) is 4.66. The van der Waals surface area contributed by atoms with Crippen molar-refractivity contribution in [3.05, 3.63) is 39.6 Å². The van der Waals surface area contributed by atoms with Crippen molar-refractivity contribution >= 4 is 34.8 Å². The predicted octanol–water partition coefficient (Wildman–Crippen LogP) is 1.86. The van der Waals surface area contributed by atoms with Crippen molar-refractivity contribution in [2.75, 3.05) is 11.5 Å². The van der Waals surface area contributed by atoms with Crippen molar-refractivity contribution in [2.24, 2.45) is 0 Å². The standard InChI is InChI=1S/C15H13N5OS2/c1-9(12-3-2-4-22-12)19-13(21)8-23-15-11(7-17)5-10(6-16)14(18)20-15/h2-5,9H,8H2,1H3,(H2,18,20)(H,19,21)/p+1/t9-/m0/s1. The van der Waals surface area contributed by atoms with E-state index in [1.165, 1.54) is 17.8 Å². The zero-order chi connectivity index (χ0) is 16.8. The number of hydrogen-bond acceptors (Lipinski definition) is 6. The number of thioether (sulfide) groups is 1. The number of H-pyrrole nitrogens is 1. The molecule has 1 atom stereocenters. The van der Waals surface area contributed by atoms with Crippen molar-refractivity contribution in [3.8, 4) is 12.1 Å². The Morgan fingerprint density at radius 3 is 2.83 bits per heavy atom. The van der Waals surface area contributed by atoms with E-state index in [4.69, 9.17) is 16.3 Å². The van der Waals surface area contributed by atoms with Gasteiger partial charge in [0.15, 0.2) is 5.03 Å². The Bertz CT molecular complexity index is 789. The molecule has 1 amide bonds. The number of pyridine rings is 1. The van der Waals surface area contributed by atoms with Crippen molar-refractivity contribution in [1.29, 1.82) is 10.5 Å². The van der Waals surface area contributed by atoms with E-state index in [1.807, 2.05) is 36.6 Å². The number of nitrogens with two attached hydrogens (primary N) is 1. The second-order valence-corrected chi connectivity index (χ2v) is 6.62. The third kappa shape index (κ3) is 4.22. The molecule has 0 unspecified atom stereocenters. The van der Waals surface area contributed by atoms with Gasteiger partial charge in [-0.05, 0) is 24.4 Å². The van der Waals surface area contributed by atoms with E-state index < -0.39 is 0 Å². The molecule has 8 heteroatoms. The average molecular weight is 344 g/mol. The third-order valence-electron chi connectivity index (χ3n) is 3.01. The molecule has 0 aliphatic rings. The van der Waals surface area contributed by atoms with Crippen molar-refractivity contribution in [3.63, 3.8) is 0 Å². The molecule has 0 radical (unpaired) electrons. The van der Waals surface area contributed by atoms with E-state index in [2.05, 4.69) is 10.3 Å². The van der Waals surface area contributed by atoms with Gasteiger partial charge < -0.3 is 5.32 Å². The molecular formula is C15H14N5OS2+. The largest absolute Gasteiger partial charge is 0.348 e. The van der Waals surface area contributed by atoms with Crippen LogP contribution in [-0.2, 0) is 4.79 Å². The van der Waals surface area contributed by atoms with E-state index in [1.54, 1.807) is 11.3 Å². The lowest BCUT2D eigenvalue weighted by atomic mass is 10.2. The Kier molecular flexibility index (Phi) is 5.58. The molecule has 2 aromatic rings. The number of anilines is 1. The van der Waals surface area contributed by atoms with E-state index in [0.29, 0.717) is 10.6 Å². The monoisotopic (exact) mass is 344 g/mol. The molecule has 116 valence electrons. The average Bonchev–Trinajstić information content (AvgIpc) is 3.07. The molecule has 0 aliphatic carbocycles. The molecule has 6 nitrogen and oxygen atoms in total. The number of nitrogens with one attached hydrogen (secondary N) is 2. The third-order valence-corrected chi connectivity index (χ3v) is 5.08. The maximum absolute atomic E-state index is 12.0. The molecule has 0 saturated heterocycles. The highest BCUT2D eigenvalue weighted by Crippen LogP contribution is 2.21. The summed E-state index contributed by atoms with van der Waals surface area (Å²) in [6, 6.07) is 9.16. The van der Waals surface area contributed by atoms with Crippen LogP contribution in [0.4, 0.5) is 5.82 Å². The second kappa shape index (κ2) is 7.63. The maximum atomic E-state index is 12.0. The predicted molar refractivity (Wildman–Crippen MR) is 88.4 cm³/mol. The topological polar surface area (TPSA) is 117 Å². The van der Waals surface area contributed by atoms with Crippen LogP contribution in [0.15, 0.2) is 28.6 Å². The molecule has 23 heavy (non-hydrogen) atoms. The summed E-state index contributed by atoms with van der Waals surface area (Å²) in [6.07, 6.45) is 0. The summed E-state index contributed by atoms with van der Waals surface area (Å²) in [5, 5.41) is 23.4. The van der Waals surface area contributed by atoms with Gasteiger partial charge in [0.2, 0.25) is 5.91 Å². The molecule has 2 rings (SSSR count). The zero-order valence-corrected chi connectivity index (χ0v) is 13.9. The van der Waals surface area contributed by atoms with Gasteiger partial charge in [-0.3, -0.25) is 10.5 Å². The number of amides is 1. The SMILES string of the molecule is C[C@H](NC(=O)CSc1[nH+]c(N)c(C#N)cc1C#N)c1cccs1. The normalized spacial score (nSPS) is 11.3. The lowest BCUT2D eigenvalue weighted by Crippen LogP contribution is -2.28. The number of carbonyl (C=O) groups is 1. The van der Waals surface area contributed by atoms with E-state index in [-0.39, 0.29) is 29.1 Å². The Labute approximate surface area is 141 Å². The molecule has 0 aliphatic heterocycles. The van der Waals surface area contributed by atoms with Gasteiger partial charge in [-0.25, -0.2) is 4.98 Å². The summed E-state index contributed by atoms with van der Waals surface area (Å²) < 4.78 is 0. The Hall–Kier alpha value is -2.55. The summed E-state index contributed by atoms with van der Waals surface area (Å²) in [6.45, 7) is 1.92. The van der Waals surface area contributed by atoms with Crippen LogP contribution in [0, 0.1) is 22.7 Å². The fourth-order valence-electron chi connectivity index (χ4n) is 1.86. The number of aromatic amines is 1. The van der Waals surface area contributed by atoms with E-state index in [9.17, 15) is 4.79 Å². The van der Waals surface area contributed by atoms with Gasteiger partial charge in [0.1, 0.15) is 23.3 Å². The minimum Gasteiger partial charge on any atom is -0.348 e. The van der Waals surface area contributed by atoms with E-state index >= 15 is 0 Å². The lowest BCUT2D eigenvalue weighted by Gasteiger charge is -2.11. The van der Waals surface area contributed by atoms with Crippen LogP contribution in [0.3, 0.4) is 0 Å². The van der Waals surface area contributed by atoms with Gasteiger partial charge in [-0.15, -0.1) is 11.3 Å². The highest BCUT2D eigenvalue weighted by Gasteiger charge is 2.17. The molecule has 2 heterocycles. The fraction of sp³-hybridized carbons (Fsp3) is 0.200. The van der Waals surface area contributed by atoms with Crippen LogP contribution in [0.1, 0.15) is 29.0 Å². The Morgan fingerprint density at radius 2 is 2.22 bits per heavy atom. The smallest absolute Gasteiger partial charge is 0.289 e.